The first-order valence-corrected chi connectivity index (χ1v) is 6.83. The molecule has 1 heterocycles. The molecule has 5 nitrogen and oxygen atoms in total. The van der Waals surface area contributed by atoms with Crippen LogP contribution >= 0.6 is 0 Å². The van der Waals surface area contributed by atoms with E-state index in [0.717, 1.165) is 24.2 Å². The number of hydrogen-bond acceptors (Lipinski definition) is 5. The van der Waals surface area contributed by atoms with Crippen LogP contribution in [0.4, 0.5) is 0 Å². The topological polar surface area (TPSA) is 60.8 Å². The maximum atomic E-state index is 5.98. The van der Waals surface area contributed by atoms with Crippen LogP contribution in [0.2, 0.25) is 0 Å². The zero-order valence-corrected chi connectivity index (χ0v) is 12.4. The molecule has 0 N–H and O–H groups in total. The molecule has 0 spiro atoms. The van der Waals surface area contributed by atoms with E-state index in [1.54, 1.807) is 6.92 Å². The first-order chi connectivity index (χ1) is 9.50. The predicted molar refractivity (Wildman–Crippen MR) is 77.4 cm³/mol. The second-order valence-corrected chi connectivity index (χ2v) is 5.41. The summed E-state index contributed by atoms with van der Waals surface area (Å²) in [5.41, 5.74) is 0.727. The Hall–Kier alpha value is -2.04. The molecule has 0 saturated carbocycles. The highest BCUT2D eigenvalue weighted by atomic mass is 16.5. The molecule has 0 saturated heterocycles. The molecule has 0 aliphatic rings. The third-order valence-electron chi connectivity index (χ3n) is 2.94. The third kappa shape index (κ3) is 3.73. The van der Waals surface area contributed by atoms with Crippen molar-refractivity contribution in [1.82, 2.24) is 20.4 Å². The molecule has 0 bridgehead atoms. The number of benzene rings is 1. The number of nitrogens with zero attached hydrogens (tertiary/aromatic N) is 4. The number of hydrogen-bond donors (Lipinski definition) is 0. The summed E-state index contributed by atoms with van der Waals surface area (Å²) in [5, 5.41) is 15.8. The predicted octanol–water partition coefficient (Wildman–Crippen LogP) is 3.20. The lowest BCUT2D eigenvalue weighted by Gasteiger charge is -2.26. The highest BCUT2D eigenvalue weighted by Gasteiger charge is 2.18. The summed E-state index contributed by atoms with van der Waals surface area (Å²) in [6, 6.07) is 7.70. The van der Waals surface area contributed by atoms with Crippen LogP contribution in [0.1, 0.15) is 39.4 Å². The van der Waals surface area contributed by atoms with Gasteiger partial charge in [-0.05, 0) is 51.5 Å². The normalized spacial score (nSPS) is 11.4. The summed E-state index contributed by atoms with van der Waals surface area (Å²) < 4.78 is 5.98. The van der Waals surface area contributed by atoms with Crippen LogP contribution in [-0.4, -0.2) is 26.0 Å². The van der Waals surface area contributed by atoms with E-state index < -0.39 is 0 Å². The summed E-state index contributed by atoms with van der Waals surface area (Å²) in [6.45, 7) is 8.11. The van der Waals surface area contributed by atoms with Gasteiger partial charge in [0.05, 0.1) is 0 Å². The Kier molecular flexibility index (Phi) is 4.27. The second kappa shape index (κ2) is 5.94. The van der Waals surface area contributed by atoms with Gasteiger partial charge in [0.2, 0.25) is 5.82 Å². The molecule has 5 heteroatoms. The van der Waals surface area contributed by atoms with E-state index in [4.69, 9.17) is 4.74 Å². The molecular weight excluding hydrogens is 252 g/mol. The summed E-state index contributed by atoms with van der Waals surface area (Å²) in [6.07, 6.45) is 2.11. The maximum Gasteiger partial charge on any atom is 0.203 e. The Labute approximate surface area is 119 Å². The Morgan fingerprint density at radius 1 is 1.00 bits per heavy atom. The van der Waals surface area contributed by atoms with E-state index in [-0.39, 0.29) is 5.60 Å². The molecule has 2 aromatic rings. The Morgan fingerprint density at radius 2 is 1.60 bits per heavy atom. The van der Waals surface area contributed by atoms with E-state index in [9.17, 15) is 0 Å². The number of rotatable bonds is 5. The molecule has 106 valence electrons. The van der Waals surface area contributed by atoms with Gasteiger partial charge >= 0.3 is 0 Å². The summed E-state index contributed by atoms with van der Waals surface area (Å²) in [5.74, 6) is 1.94. The van der Waals surface area contributed by atoms with Crippen LogP contribution in [0.15, 0.2) is 24.3 Å². The van der Waals surface area contributed by atoms with Crippen LogP contribution in [0.25, 0.3) is 11.4 Å². The van der Waals surface area contributed by atoms with Crippen LogP contribution in [-0.2, 0) is 0 Å². The van der Waals surface area contributed by atoms with Gasteiger partial charge in [0.25, 0.3) is 0 Å². The molecule has 0 aliphatic carbocycles. The van der Waals surface area contributed by atoms with Gasteiger partial charge in [-0.2, -0.15) is 0 Å². The quantitative estimate of drug-likeness (QED) is 0.836. The van der Waals surface area contributed by atoms with Crippen molar-refractivity contribution in [2.24, 2.45) is 0 Å². The van der Waals surface area contributed by atoms with Crippen molar-refractivity contribution < 1.29 is 4.74 Å². The monoisotopic (exact) mass is 272 g/mol. The maximum absolute atomic E-state index is 5.98. The smallest absolute Gasteiger partial charge is 0.203 e. The van der Waals surface area contributed by atoms with Crippen molar-refractivity contribution in [2.75, 3.05) is 0 Å². The van der Waals surface area contributed by atoms with Crippen molar-refractivity contribution >= 4 is 0 Å². The van der Waals surface area contributed by atoms with Gasteiger partial charge < -0.3 is 4.74 Å². The summed E-state index contributed by atoms with van der Waals surface area (Å²) in [7, 11) is 0. The lowest BCUT2D eigenvalue weighted by molar-refractivity contribution is 0.0986. The lowest BCUT2D eigenvalue weighted by atomic mass is 10.0. The molecule has 0 fully saturated rings. The number of aryl methyl sites for hydroxylation is 1. The average Bonchev–Trinajstić information content (AvgIpc) is 2.40. The van der Waals surface area contributed by atoms with Crippen molar-refractivity contribution in [1.29, 1.82) is 0 Å². The number of aromatic nitrogens is 4. The molecule has 0 amide bonds. The molecule has 1 aromatic carbocycles. The Bertz CT molecular complexity index is 549. The van der Waals surface area contributed by atoms with Crippen molar-refractivity contribution in [3.63, 3.8) is 0 Å². The van der Waals surface area contributed by atoms with Crippen molar-refractivity contribution in [3.8, 4) is 17.1 Å². The zero-order valence-electron chi connectivity index (χ0n) is 12.4. The summed E-state index contributed by atoms with van der Waals surface area (Å²) >= 11 is 0. The van der Waals surface area contributed by atoms with Crippen molar-refractivity contribution in [2.45, 2.75) is 46.1 Å². The van der Waals surface area contributed by atoms with Gasteiger partial charge in [-0.25, -0.2) is 0 Å². The SMILES string of the molecule is CCCC(C)(C)Oc1ccc(-c2nnc(C)nn2)cc1. The fourth-order valence-corrected chi connectivity index (χ4v) is 2.04. The van der Waals surface area contributed by atoms with Gasteiger partial charge in [-0.3, -0.25) is 0 Å². The van der Waals surface area contributed by atoms with E-state index in [0.29, 0.717) is 11.6 Å². The van der Waals surface area contributed by atoms with Gasteiger partial charge in [-0.15, -0.1) is 20.4 Å². The van der Waals surface area contributed by atoms with E-state index in [2.05, 4.69) is 41.2 Å². The molecule has 0 aliphatic heterocycles. The molecule has 1 aromatic heterocycles. The van der Waals surface area contributed by atoms with Gasteiger partial charge in [0.1, 0.15) is 11.4 Å². The van der Waals surface area contributed by atoms with E-state index in [1.165, 1.54) is 0 Å². The van der Waals surface area contributed by atoms with E-state index >= 15 is 0 Å². The minimum atomic E-state index is -0.153. The van der Waals surface area contributed by atoms with Crippen LogP contribution in [0.3, 0.4) is 0 Å². The standard InChI is InChI=1S/C15H20N4O/c1-5-10-15(3,4)20-13-8-6-12(7-9-13)14-18-16-11(2)17-19-14/h6-9H,5,10H2,1-4H3. The third-order valence-corrected chi connectivity index (χ3v) is 2.94. The fraction of sp³-hybridized carbons (Fsp3) is 0.467. The largest absolute Gasteiger partial charge is 0.488 e. The van der Waals surface area contributed by atoms with Crippen LogP contribution in [0.5, 0.6) is 5.75 Å². The first kappa shape index (κ1) is 14.4. The molecule has 0 radical (unpaired) electrons. The lowest BCUT2D eigenvalue weighted by Crippen LogP contribution is -2.27. The zero-order chi connectivity index (χ0) is 14.6. The summed E-state index contributed by atoms with van der Waals surface area (Å²) in [4.78, 5) is 0. The van der Waals surface area contributed by atoms with Crippen LogP contribution < -0.4 is 4.74 Å². The number of ether oxygens (including phenoxy) is 1. The molecular formula is C15H20N4O. The molecule has 20 heavy (non-hydrogen) atoms. The first-order valence-electron chi connectivity index (χ1n) is 6.83. The minimum absolute atomic E-state index is 0.153. The van der Waals surface area contributed by atoms with Crippen molar-refractivity contribution in [3.05, 3.63) is 30.1 Å². The molecule has 0 atom stereocenters. The fourth-order valence-electron chi connectivity index (χ4n) is 2.04. The van der Waals surface area contributed by atoms with E-state index in [1.807, 2.05) is 24.3 Å². The Morgan fingerprint density at radius 3 is 2.15 bits per heavy atom. The van der Waals surface area contributed by atoms with Crippen LogP contribution in [0, 0.1) is 6.92 Å². The molecule has 0 unspecified atom stereocenters. The highest BCUT2D eigenvalue weighted by Crippen LogP contribution is 2.24. The van der Waals surface area contributed by atoms with Gasteiger partial charge in [0, 0.05) is 5.56 Å². The second-order valence-electron chi connectivity index (χ2n) is 5.41. The Balaban J connectivity index is 2.12. The highest BCUT2D eigenvalue weighted by molar-refractivity contribution is 5.55. The molecule has 2 rings (SSSR count). The average molecular weight is 272 g/mol. The van der Waals surface area contributed by atoms with Gasteiger partial charge in [0.15, 0.2) is 5.82 Å². The minimum Gasteiger partial charge on any atom is -0.488 e. The van der Waals surface area contributed by atoms with Gasteiger partial charge in [-0.1, -0.05) is 13.3 Å².